The van der Waals surface area contributed by atoms with Gasteiger partial charge in [-0.1, -0.05) is 62.0 Å². The highest BCUT2D eigenvalue weighted by atomic mass is 79.9. The molecule has 1 N–H and O–H groups in total. The zero-order valence-corrected chi connectivity index (χ0v) is 15.4. The summed E-state index contributed by atoms with van der Waals surface area (Å²) < 4.78 is 2.06. The molecule has 0 aromatic heterocycles. The summed E-state index contributed by atoms with van der Waals surface area (Å²) in [6.45, 7) is 2.89. The number of nitrogens with one attached hydrogen (secondary N) is 1. The molecule has 20 heavy (non-hydrogen) atoms. The third-order valence-corrected chi connectivity index (χ3v) is 4.74. The lowest BCUT2D eigenvalue weighted by molar-refractivity contribution is 0.628. The number of hydrogen-bond donors (Lipinski definition) is 1. The lowest BCUT2D eigenvalue weighted by atomic mass is 9.98. The molecule has 1 atom stereocenters. The van der Waals surface area contributed by atoms with E-state index < -0.39 is 0 Å². The second-order valence-corrected chi connectivity index (χ2v) is 6.94. The summed E-state index contributed by atoms with van der Waals surface area (Å²) in [5.74, 6) is 0. The second-order valence-electron chi connectivity index (χ2n) is 4.32. The summed E-state index contributed by atoms with van der Waals surface area (Å²) in [7, 11) is 0. The first-order valence-electron chi connectivity index (χ1n) is 6.16. The minimum absolute atomic E-state index is 0.0157. The first-order valence-corrected chi connectivity index (χ1v) is 8.50. The van der Waals surface area contributed by atoms with E-state index in [0.717, 1.165) is 26.6 Å². The van der Waals surface area contributed by atoms with E-state index in [4.69, 9.17) is 23.2 Å². The van der Waals surface area contributed by atoms with Crippen LogP contribution >= 0.6 is 55.1 Å². The lowest BCUT2D eigenvalue weighted by Crippen LogP contribution is -2.22. The van der Waals surface area contributed by atoms with Crippen LogP contribution in [0.25, 0.3) is 0 Å². The molecule has 1 nitrogen and oxygen atoms in total. The Kier molecular flexibility index (Phi) is 5.94. The van der Waals surface area contributed by atoms with Gasteiger partial charge in [0.05, 0.1) is 6.04 Å². The molecular formula is C15H13Br2Cl2N. The first kappa shape index (κ1) is 16.3. The van der Waals surface area contributed by atoms with Crippen molar-refractivity contribution in [2.75, 3.05) is 6.54 Å². The van der Waals surface area contributed by atoms with Gasteiger partial charge in [0.1, 0.15) is 0 Å². The molecule has 0 aliphatic rings. The van der Waals surface area contributed by atoms with Crippen LogP contribution in [0.3, 0.4) is 0 Å². The fourth-order valence-corrected chi connectivity index (χ4v) is 3.32. The van der Waals surface area contributed by atoms with Crippen LogP contribution in [-0.4, -0.2) is 6.54 Å². The van der Waals surface area contributed by atoms with Crippen LogP contribution in [0, 0.1) is 0 Å². The van der Waals surface area contributed by atoms with E-state index in [1.165, 1.54) is 0 Å². The van der Waals surface area contributed by atoms with Crippen LogP contribution < -0.4 is 5.32 Å². The van der Waals surface area contributed by atoms with E-state index in [2.05, 4.69) is 50.2 Å². The van der Waals surface area contributed by atoms with Gasteiger partial charge >= 0.3 is 0 Å². The Labute approximate surface area is 145 Å². The van der Waals surface area contributed by atoms with Gasteiger partial charge in [-0.2, -0.15) is 0 Å². The van der Waals surface area contributed by atoms with E-state index in [0.29, 0.717) is 10.0 Å². The maximum atomic E-state index is 6.34. The molecule has 5 heteroatoms. The average Bonchev–Trinajstić information content (AvgIpc) is 2.42. The highest BCUT2D eigenvalue weighted by Crippen LogP contribution is 2.35. The van der Waals surface area contributed by atoms with Crippen LogP contribution in [0.4, 0.5) is 0 Å². The molecule has 0 fully saturated rings. The Morgan fingerprint density at radius 1 is 1.05 bits per heavy atom. The monoisotopic (exact) mass is 435 g/mol. The van der Waals surface area contributed by atoms with Gasteiger partial charge in [0.25, 0.3) is 0 Å². The van der Waals surface area contributed by atoms with E-state index in [1.54, 1.807) is 6.07 Å². The molecule has 0 spiro atoms. The molecule has 0 radical (unpaired) electrons. The third kappa shape index (κ3) is 3.77. The van der Waals surface area contributed by atoms with Gasteiger partial charge in [-0.05, 0) is 54.1 Å². The smallest absolute Gasteiger partial charge is 0.0603 e. The van der Waals surface area contributed by atoms with Gasteiger partial charge in [0, 0.05) is 19.0 Å². The fourth-order valence-electron chi connectivity index (χ4n) is 2.06. The maximum absolute atomic E-state index is 6.34. The Morgan fingerprint density at radius 2 is 1.80 bits per heavy atom. The molecule has 0 heterocycles. The predicted molar refractivity (Wildman–Crippen MR) is 93.8 cm³/mol. The molecule has 106 valence electrons. The average molecular weight is 438 g/mol. The summed E-state index contributed by atoms with van der Waals surface area (Å²) in [5, 5.41) is 4.84. The highest BCUT2D eigenvalue weighted by Gasteiger charge is 2.19. The number of halogens is 4. The van der Waals surface area contributed by atoms with Crippen molar-refractivity contribution in [3.8, 4) is 0 Å². The molecule has 0 amide bonds. The zero-order valence-electron chi connectivity index (χ0n) is 10.8. The molecular weight excluding hydrogens is 425 g/mol. The molecule has 0 saturated carbocycles. The zero-order chi connectivity index (χ0) is 14.7. The quantitative estimate of drug-likeness (QED) is 0.598. The number of hydrogen-bond acceptors (Lipinski definition) is 1. The number of benzene rings is 2. The summed E-state index contributed by atoms with van der Waals surface area (Å²) in [6.07, 6.45) is 0. The molecule has 0 aliphatic heterocycles. The molecule has 0 bridgehead atoms. The van der Waals surface area contributed by atoms with Gasteiger partial charge in [-0.15, -0.1) is 0 Å². The minimum atomic E-state index is -0.0157. The van der Waals surface area contributed by atoms with Crippen LogP contribution in [0.5, 0.6) is 0 Å². The van der Waals surface area contributed by atoms with Crippen LogP contribution in [-0.2, 0) is 0 Å². The van der Waals surface area contributed by atoms with Gasteiger partial charge in [-0.25, -0.2) is 0 Å². The van der Waals surface area contributed by atoms with Crippen molar-refractivity contribution in [2.45, 2.75) is 13.0 Å². The van der Waals surface area contributed by atoms with Gasteiger partial charge < -0.3 is 5.32 Å². The summed E-state index contributed by atoms with van der Waals surface area (Å²) in [6, 6.07) is 11.6. The largest absolute Gasteiger partial charge is 0.306 e. The molecule has 2 aromatic carbocycles. The second kappa shape index (κ2) is 7.28. The molecule has 2 aromatic rings. The Morgan fingerprint density at radius 3 is 2.50 bits per heavy atom. The Hall–Kier alpha value is -0.0600. The molecule has 0 aliphatic carbocycles. The van der Waals surface area contributed by atoms with Gasteiger partial charge in [-0.3, -0.25) is 0 Å². The van der Waals surface area contributed by atoms with Crippen molar-refractivity contribution in [3.63, 3.8) is 0 Å². The predicted octanol–water partition coefficient (Wildman–Crippen LogP) is 6.22. The van der Waals surface area contributed by atoms with E-state index in [9.17, 15) is 0 Å². The van der Waals surface area contributed by atoms with Crippen LogP contribution in [0.2, 0.25) is 10.0 Å². The third-order valence-electron chi connectivity index (χ3n) is 2.95. The van der Waals surface area contributed by atoms with Gasteiger partial charge in [0.15, 0.2) is 0 Å². The van der Waals surface area contributed by atoms with Crippen molar-refractivity contribution >= 4 is 55.1 Å². The topological polar surface area (TPSA) is 12.0 Å². The first-order chi connectivity index (χ1) is 9.52. The van der Waals surface area contributed by atoms with Crippen molar-refractivity contribution in [2.24, 2.45) is 0 Å². The summed E-state index contributed by atoms with van der Waals surface area (Å²) in [4.78, 5) is 0. The molecule has 1 unspecified atom stereocenters. The van der Waals surface area contributed by atoms with Crippen molar-refractivity contribution in [3.05, 3.63) is 66.5 Å². The van der Waals surface area contributed by atoms with Gasteiger partial charge in [0.2, 0.25) is 0 Å². The lowest BCUT2D eigenvalue weighted by Gasteiger charge is -2.22. The summed E-state index contributed by atoms with van der Waals surface area (Å²) in [5.41, 5.74) is 2.09. The molecule has 2 rings (SSSR count). The fraction of sp³-hybridized carbons (Fsp3) is 0.200. The molecule has 0 saturated heterocycles. The van der Waals surface area contributed by atoms with Crippen molar-refractivity contribution < 1.29 is 0 Å². The Bertz CT molecular complexity index is 565. The normalized spacial score (nSPS) is 12.4. The maximum Gasteiger partial charge on any atom is 0.0603 e. The number of rotatable bonds is 4. The minimum Gasteiger partial charge on any atom is -0.306 e. The highest BCUT2D eigenvalue weighted by molar-refractivity contribution is 9.11. The summed E-state index contributed by atoms with van der Waals surface area (Å²) >= 11 is 19.6. The van der Waals surface area contributed by atoms with Crippen molar-refractivity contribution in [1.82, 2.24) is 5.32 Å². The Balaban J connectivity index is 2.55. The van der Waals surface area contributed by atoms with E-state index >= 15 is 0 Å². The van der Waals surface area contributed by atoms with E-state index in [1.807, 2.05) is 24.3 Å². The standard InChI is InChI=1S/C15H13Br2Cl2N/c1-2-20-15(11-7-9(16)3-5-13(11)17)12-8-10(18)4-6-14(12)19/h3-8,15,20H,2H2,1H3. The van der Waals surface area contributed by atoms with Crippen molar-refractivity contribution in [1.29, 1.82) is 0 Å². The SMILES string of the molecule is CCNC(c1cc(Cl)ccc1Cl)c1cc(Br)ccc1Br. The van der Waals surface area contributed by atoms with Crippen LogP contribution in [0.1, 0.15) is 24.1 Å². The van der Waals surface area contributed by atoms with E-state index in [-0.39, 0.29) is 6.04 Å². The van der Waals surface area contributed by atoms with Crippen LogP contribution in [0.15, 0.2) is 45.3 Å².